The molecule has 36 heavy (non-hydrogen) atoms. The van der Waals surface area contributed by atoms with Crippen molar-refractivity contribution >= 4 is 39.1 Å². The number of benzene rings is 2. The van der Waals surface area contributed by atoms with Crippen LogP contribution in [-0.4, -0.2) is 63.7 Å². The van der Waals surface area contributed by atoms with Crippen molar-refractivity contribution in [3.63, 3.8) is 0 Å². The van der Waals surface area contributed by atoms with Crippen LogP contribution in [0.5, 0.6) is 5.75 Å². The van der Waals surface area contributed by atoms with Gasteiger partial charge < -0.3 is 15.0 Å². The van der Waals surface area contributed by atoms with Crippen molar-refractivity contribution in [1.29, 1.82) is 0 Å². The summed E-state index contributed by atoms with van der Waals surface area (Å²) in [7, 11) is -2.37. The molecule has 0 spiro atoms. The molecule has 1 unspecified atom stereocenters. The number of halogens is 1. The van der Waals surface area contributed by atoms with Gasteiger partial charge in [-0.15, -0.1) is 0 Å². The average molecular weight is 536 g/mol. The lowest BCUT2D eigenvalue weighted by molar-refractivity contribution is -0.139. The average Bonchev–Trinajstić information content (AvgIpc) is 3.35. The van der Waals surface area contributed by atoms with Crippen LogP contribution < -0.4 is 14.4 Å². The van der Waals surface area contributed by atoms with Gasteiger partial charge in [-0.3, -0.25) is 13.9 Å². The zero-order valence-electron chi connectivity index (χ0n) is 20.9. The Kier molecular flexibility index (Phi) is 9.62. The summed E-state index contributed by atoms with van der Waals surface area (Å²) in [5.41, 5.74) is 1.25. The highest BCUT2D eigenvalue weighted by Crippen LogP contribution is 2.30. The number of hydrogen-bond acceptors (Lipinski definition) is 5. The molecule has 2 amide bonds. The molecule has 0 bridgehead atoms. The number of anilines is 1. The van der Waals surface area contributed by atoms with Gasteiger partial charge >= 0.3 is 0 Å². The number of nitrogens with zero attached hydrogens (tertiary/aromatic N) is 2. The van der Waals surface area contributed by atoms with Gasteiger partial charge in [-0.05, 0) is 49.9 Å². The normalized spacial score (nSPS) is 14.8. The highest BCUT2D eigenvalue weighted by molar-refractivity contribution is 7.92. The zero-order chi connectivity index (χ0) is 26.3. The van der Waals surface area contributed by atoms with Gasteiger partial charge in [0, 0.05) is 12.6 Å². The van der Waals surface area contributed by atoms with E-state index in [0.29, 0.717) is 12.2 Å². The summed E-state index contributed by atoms with van der Waals surface area (Å²) in [4.78, 5) is 28.1. The fourth-order valence-corrected chi connectivity index (χ4v) is 5.48. The number of hydrogen-bond donors (Lipinski definition) is 1. The molecular formula is C26H34ClN3O5S. The smallest absolute Gasteiger partial charge is 0.244 e. The molecule has 1 aliphatic carbocycles. The maximum atomic E-state index is 13.6. The van der Waals surface area contributed by atoms with Gasteiger partial charge in [-0.2, -0.15) is 0 Å². The first-order valence-electron chi connectivity index (χ1n) is 12.0. The molecule has 0 aromatic heterocycles. The molecule has 10 heteroatoms. The van der Waals surface area contributed by atoms with Gasteiger partial charge in [0.25, 0.3) is 0 Å². The SMILES string of the molecule is COc1ccc(N(CC(=O)N(CCc2ccccc2)C(C)C(=O)NC2CCCC2)S(C)(=O)=O)cc1Cl. The highest BCUT2D eigenvalue weighted by atomic mass is 35.5. The molecule has 1 fully saturated rings. The van der Waals surface area contributed by atoms with E-state index in [4.69, 9.17) is 16.3 Å². The Bertz CT molecular complexity index is 1150. The number of amides is 2. The first-order valence-corrected chi connectivity index (χ1v) is 14.3. The van der Waals surface area contributed by atoms with Crippen LogP contribution in [0.3, 0.4) is 0 Å². The van der Waals surface area contributed by atoms with Gasteiger partial charge in [-0.1, -0.05) is 54.8 Å². The summed E-state index contributed by atoms with van der Waals surface area (Å²) in [6.45, 7) is 1.49. The third-order valence-electron chi connectivity index (χ3n) is 6.46. The monoisotopic (exact) mass is 535 g/mol. The predicted octanol–water partition coefficient (Wildman–Crippen LogP) is 3.63. The van der Waals surface area contributed by atoms with E-state index in [-0.39, 0.29) is 29.2 Å². The first-order chi connectivity index (χ1) is 17.1. The second kappa shape index (κ2) is 12.5. The number of sulfonamides is 1. The standard InChI is InChI=1S/C26H34ClN3O5S/c1-19(26(32)28-21-11-7-8-12-21)29(16-15-20-9-5-4-6-10-20)25(31)18-30(36(3,33)34)22-13-14-24(35-2)23(27)17-22/h4-6,9-10,13-14,17,19,21H,7-8,11-12,15-16,18H2,1-3H3,(H,28,32). The summed E-state index contributed by atoms with van der Waals surface area (Å²) < 4.78 is 31.5. The Morgan fingerprint density at radius 1 is 1.14 bits per heavy atom. The van der Waals surface area contributed by atoms with Crippen LogP contribution >= 0.6 is 11.6 Å². The summed E-state index contributed by atoms with van der Waals surface area (Å²) in [6.07, 6.45) is 5.56. The van der Waals surface area contributed by atoms with Crippen LogP contribution in [0, 0.1) is 0 Å². The maximum absolute atomic E-state index is 13.6. The summed E-state index contributed by atoms with van der Waals surface area (Å²) in [6, 6.07) is 13.5. The lowest BCUT2D eigenvalue weighted by Gasteiger charge is -2.32. The molecule has 2 aromatic carbocycles. The predicted molar refractivity (Wildman–Crippen MR) is 142 cm³/mol. The minimum Gasteiger partial charge on any atom is -0.495 e. The molecule has 2 aromatic rings. The summed E-state index contributed by atoms with van der Waals surface area (Å²) >= 11 is 6.22. The Labute approximate surface area is 218 Å². The van der Waals surface area contributed by atoms with Crippen molar-refractivity contribution in [3.05, 3.63) is 59.1 Å². The van der Waals surface area contributed by atoms with Gasteiger partial charge in [0.15, 0.2) is 0 Å². The van der Waals surface area contributed by atoms with Crippen molar-refractivity contribution in [2.45, 2.75) is 51.1 Å². The maximum Gasteiger partial charge on any atom is 0.244 e. The van der Waals surface area contributed by atoms with Gasteiger partial charge in [0.05, 0.1) is 24.1 Å². The lowest BCUT2D eigenvalue weighted by Crippen LogP contribution is -2.53. The molecule has 1 N–H and O–H groups in total. The van der Waals surface area contributed by atoms with E-state index in [1.54, 1.807) is 13.0 Å². The molecule has 1 aliphatic rings. The van der Waals surface area contributed by atoms with Crippen LogP contribution in [-0.2, 0) is 26.0 Å². The number of ether oxygens (including phenoxy) is 1. The number of rotatable bonds is 11. The minimum absolute atomic E-state index is 0.111. The Morgan fingerprint density at radius 2 is 1.81 bits per heavy atom. The summed E-state index contributed by atoms with van der Waals surface area (Å²) in [5, 5.41) is 3.27. The van der Waals surface area contributed by atoms with Crippen LogP contribution in [0.2, 0.25) is 5.02 Å². The Morgan fingerprint density at radius 3 is 2.39 bits per heavy atom. The first kappa shape index (κ1) is 27.8. The van der Waals surface area contributed by atoms with E-state index >= 15 is 0 Å². The molecule has 0 aliphatic heterocycles. The number of methoxy groups -OCH3 is 1. The lowest BCUT2D eigenvalue weighted by atomic mass is 10.1. The Hall–Kier alpha value is -2.78. The number of nitrogens with one attached hydrogen (secondary N) is 1. The number of carbonyl (C=O) groups excluding carboxylic acids is 2. The van der Waals surface area contributed by atoms with E-state index < -0.39 is 28.5 Å². The van der Waals surface area contributed by atoms with Gasteiger partial charge in [-0.25, -0.2) is 8.42 Å². The largest absolute Gasteiger partial charge is 0.495 e. The second-order valence-electron chi connectivity index (χ2n) is 9.08. The Balaban J connectivity index is 1.84. The van der Waals surface area contributed by atoms with Gasteiger partial charge in [0.2, 0.25) is 21.8 Å². The van der Waals surface area contributed by atoms with Crippen LogP contribution in [0.1, 0.15) is 38.2 Å². The fourth-order valence-electron chi connectivity index (χ4n) is 4.39. The molecular weight excluding hydrogens is 502 g/mol. The zero-order valence-corrected chi connectivity index (χ0v) is 22.5. The molecule has 0 saturated heterocycles. The third kappa shape index (κ3) is 7.36. The highest BCUT2D eigenvalue weighted by Gasteiger charge is 2.31. The van der Waals surface area contributed by atoms with E-state index in [9.17, 15) is 18.0 Å². The van der Waals surface area contributed by atoms with Crippen LogP contribution in [0.25, 0.3) is 0 Å². The second-order valence-corrected chi connectivity index (χ2v) is 11.4. The van der Waals surface area contributed by atoms with E-state index in [0.717, 1.165) is 41.8 Å². The van der Waals surface area contributed by atoms with Crippen LogP contribution in [0.15, 0.2) is 48.5 Å². The van der Waals surface area contributed by atoms with E-state index in [1.807, 2.05) is 30.3 Å². The third-order valence-corrected chi connectivity index (χ3v) is 7.89. The van der Waals surface area contributed by atoms with Gasteiger partial charge in [0.1, 0.15) is 18.3 Å². The quantitative estimate of drug-likeness (QED) is 0.474. The van der Waals surface area contributed by atoms with Crippen molar-refractivity contribution in [2.75, 3.05) is 30.8 Å². The van der Waals surface area contributed by atoms with E-state index in [1.165, 1.54) is 24.1 Å². The topological polar surface area (TPSA) is 96.0 Å². The molecule has 8 nitrogen and oxygen atoms in total. The molecule has 0 heterocycles. The molecule has 1 saturated carbocycles. The fraction of sp³-hybridized carbons (Fsp3) is 0.462. The minimum atomic E-state index is -3.83. The van der Waals surface area contributed by atoms with Crippen molar-refractivity contribution in [2.24, 2.45) is 0 Å². The molecule has 0 radical (unpaired) electrons. The molecule has 1 atom stereocenters. The van der Waals surface area contributed by atoms with Crippen molar-refractivity contribution in [3.8, 4) is 5.75 Å². The number of carbonyl (C=O) groups is 2. The van der Waals surface area contributed by atoms with E-state index in [2.05, 4.69) is 5.32 Å². The molecule has 3 rings (SSSR count). The van der Waals surface area contributed by atoms with Crippen molar-refractivity contribution < 1.29 is 22.7 Å². The van der Waals surface area contributed by atoms with Crippen LogP contribution in [0.4, 0.5) is 5.69 Å². The van der Waals surface area contributed by atoms with Crippen molar-refractivity contribution in [1.82, 2.24) is 10.2 Å². The summed E-state index contributed by atoms with van der Waals surface area (Å²) in [5.74, 6) is -0.319. The molecule has 196 valence electrons.